The van der Waals surface area contributed by atoms with Gasteiger partial charge in [-0.2, -0.15) is 0 Å². The second kappa shape index (κ2) is 10.3. The van der Waals surface area contributed by atoms with Gasteiger partial charge in [-0.25, -0.2) is 0 Å². The fraction of sp³-hybridized carbons (Fsp3) is 0.941. The molecule has 0 heterocycles. The van der Waals surface area contributed by atoms with Crippen molar-refractivity contribution in [3.63, 3.8) is 0 Å². The van der Waals surface area contributed by atoms with E-state index in [4.69, 9.17) is 14.2 Å². The van der Waals surface area contributed by atoms with Crippen LogP contribution in [0.1, 0.15) is 54.9 Å². The summed E-state index contributed by atoms with van der Waals surface area (Å²) in [6, 6.07) is 0. The lowest BCUT2D eigenvalue weighted by molar-refractivity contribution is -0.127. The van der Waals surface area contributed by atoms with E-state index in [1.165, 1.54) is 0 Å². The molecule has 0 unspecified atom stereocenters. The van der Waals surface area contributed by atoms with Gasteiger partial charge in [-0.05, 0) is 25.7 Å². The molecule has 4 nitrogen and oxygen atoms in total. The third-order valence-corrected chi connectivity index (χ3v) is 3.39. The van der Waals surface area contributed by atoms with Crippen molar-refractivity contribution in [1.29, 1.82) is 0 Å². The molecule has 0 aromatic heterocycles. The number of ketones is 1. The van der Waals surface area contributed by atoms with Gasteiger partial charge in [-0.1, -0.05) is 34.6 Å². The quantitative estimate of drug-likeness (QED) is 0.548. The van der Waals surface area contributed by atoms with E-state index in [2.05, 4.69) is 20.8 Å². The van der Waals surface area contributed by atoms with E-state index in [0.29, 0.717) is 18.6 Å². The van der Waals surface area contributed by atoms with Gasteiger partial charge in [0.1, 0.15) is 6.61 Å². The number of rotatable bonds is 11. The summed E-state index contributed by atoms with van der Waals surface area (Å²) in [5.74, 6) is 0.156. The number of Topliss-reactive ketones (excluding diaryl/α,β-unsaturated/α-hetero) is 1. The Bertz CT molecular complexity index is 281. The first-order chi connectivity index (χ1) is 9.63. The van der Waals surface area contributed by atoms with Crippen molar-refractivity contribution in [2.75, 3.05) is 26.4 Å². The number of hydrogen-bond acceptors (Lipinski definition) is 4. The van der Waals surface area contributed by atoms with Gasteiger partial charge in [0, 0.05) is 12.5 Å². The van der Waals surface area contributed by atoms with Crippen LogP contribution in [0.4, 0.5) is 0 Å². The van der Waals surface area contributed by atoms with Crippen LogP contribution in [-0.2, 0) is 19.0 Å². The first-order valence-corrected chi connectivity index (χ1v) is 7.97. The Balaban J connectivity index is 3.64. The largest absolute Gasteiger partial charge is 0.376 e. The molecule has 0 aliphatic rings. The Morgan fingerprint density at radius 2 is 1.43 bits per heavy atom. The minimum absolute atomic E-state index is 0.0226. The molecule has 0 saturated heterocycles. The van der Waals surface area contributed by atoms with Crippen LogP contribution < -0.4 is 0 Å². The Hall–Kier alpha value is -0.450. The van der Waals surface area contributed by atoms with Crippen LogP contribution in [0.25, 0.3) is 0 Å². The van der Waals surface area contributed by atoms with E-state index in [-0.39, 0.29) is 30.5 Å². The molecule has 4 heteroatoms. The molecule has 0 aliphatic carbocycles. The number of ether oxygens (including phenoxy) is 3. The number of hydrogen-bond donors (Lipinski definition) is 0. The van der Waals surface area contributed by atoms with Gasteiger partial charge in [0.2, 0.25) is 0 Å². The summed E-state index contributed by atoms with van der Waals surface area (Å²) in [6.07, 6.45) is 1.11. The lowest BCUT2D eigenvalue weighted by Crippen LogP contribution is -2.29. The van der Waals surface area contributed by atoms with Crippen LogP contribution in [0, 0.1) is 11.3 Å². The Kier molecular flexibility index (Phi) is 10.1. The molecular formula is C17H34O4. The molecule has 2 atom stereocenters. The highest BCUT2D eigenvalue weighted by Crippen LogP contribution is 2.18. The lowest BCUT2D eigenvalue weighted by atomic mass is 9.93. The Morgan fingerprint density at radius 1 is 0.905 bits per heavy atom. The van der Waals surface area contributed by atoms with Crippen molar-refractivity contribution < 1.29 is 19.0 Å². The average molecular weight is 302 g/mol. The van der Waals surface area contributed by atoms with Crippen molar-refractivity contribution in [2.24, 2.45) is 11.3 Å². The highest BCUT2D eigenvalue weighted by Gasteiger charge is 2.15. The van der Waals surface area contributed by atoms with E-state index >= 15 is 0 Å². The maximum atomic E-state index is 11.4. The van der Waals surface area contributed by atoms with Crippen LogP contribution >= 0.6 is 0 Å². The monoisotopic (exact) mass is 302 g/mol. The van der Waals surface area contributed by atoms with Gasteiger partial charge >= 0.3 is 0 Å². The summed E-state index contributed by atoms with van der Waals surface area (Å²) in [6.45, 7) is 16.2. The van der Waals surface area contributed by atoms with Gasteiger partial charge < -0.3 is 14.2 Å². The van der Waals surface area contributed by atoms with Crippen LogP contribution in [0.2, 0.25) is 0 Å². The fourth-order valence-electron chi connectivity index (χ4n) is 1.45. The van der Waals surface area contributed by atoms with Crippen LogP contribution in [0.15, 0.2) is 0 Å². The van der Waals surface area contributed by atoms with Crippen LogP contribution in [0.5, 0.6) is 0 Å². The normalized spacial score (nSPS) is 15.2. The third-order valence-electron chi connectivity index (χ3n) is 3.39. The summed E-state index contributed by atoms with van der Waals surface area (Å²) in [5.41, 5.74) is 0.292. The maximum Gasteiger partial charge on any atom is 0.160 e. The van der Waals surface area contributed by atoms with E-state index in [0.717, 1.165) is 13.0 Å². The zero-order valence-electron chi connectivity index (χ0n) is 14.9. The van der Waals surface area contributed by atoms with Crippen molar-refractivity contribution in [3.05, 3.63) is 0 Å². The topological polar surface area (TPSA) is 44.8 Å². The first-order valence-electron chi connectivity index (χ1n) is 7.97. The fourth-order valence-corrected chi connectivity index (χ4v) is 1.45. The van der Waals surface area contributed by atoms with Gasteiger partial charge in [-0.15, -0.1) is 0 Å². The van der Waals surface area contributed by atoms with Gasteiger partial charge in [0.05, 0.1) is 25.4 Å². The lowest BCUT2D eigenvalue weighted by Gasteiger charge is -2.24. The SMILES string of the molecule is CC(C)C(=O)COCCO[C@H](C)[C@@H](C)OCCC(C)(C)C. The molecule has 0 fully saturated rings. The van der Waals surface area contributed by atoms with E-state index in [1.807, 2.05) is 27.7 Å². The molecule has 0 radical (unpaired) electrons. The summed E-state index contributed by atoms with van der Waals surface area (Å²) in [4.78, 5) is 11.4. The molecule has 0 rings (SSSR count). The zero-order valence-corrected chi connectivity index (χ0v) is 14.9. The molecule has 0 aromatic carbocycles. The summed E-state index contributed by atoms with van der Waals surface area (Å²) >= 11 is 0. The first kappa shape index (κ1) is 20.6. The van der Waals surface area contributed by atoms with Crippen LogP contribution in [0.3, 0.4) is 0 Å². The highest BCUT2D eigenvalue weighted by molar-refractivity contribution is 5.81. The standard InChI is InChI=1S/C17H34O4/c1-13(2)16(18)12-19-10-11-21-15(4)14(3)20-9-8-17(5,6)7/h13-15H,8-12H2,1-7H3/t14-,15-/m1/s1. The second-order valence-corrected chi connectivity index (χ2v) is 7.14. The molecular weight excluding hydrogens is 268 g/mol. The smallest absolute Gasteiger partial charge is 0.160 e. The minimum atomic E-state index is 0.0226. The average Bonchev–Trinajstić information content (AvgIpc) is 2.35. The molecule has 126 valence electrons. The minimum Gasteiger partial charge on any atom is -0.376 e. The third kappa shape index (κ3) is 11.8. The predicted octanol–water partition coefficient (Wildman–Crippen LogP) is 3.47. The summed E-state index contributed by atoms with van der Waals surface area (Å²) in [7, 11) is 0. The summed E-state index contributed by atoms with van der Waals surface area (Å²) in [5, 5.41) is 0. The van der Waals surface area contributed by atoms with Crippen molar-refractivity contribution in [1.82, 2.24) is 0 Å². The molecule has 21 heavy (non-hydrogen) atoms. The van der Waals surface area contributed by atoms with E-state index < -0.39 is 0 Å². The zero-order chi connectivity index (χ0) is 16.5. The maximum absolute atomic E-state index is 11.4. The highest BCUT2D eigenvalue weighted by atomic mass is 16.6. The molecule has 0 bridgehead atoms. The summed E-state index contributed by atoms with van der Waals surface area (Å²) < 4.78 is 16.8. The van der Waals surface area contributed by atoms with E-state index in [9.17, 15) is 4.79 Å². The molecule has 0 amide bonds. The molecule has 0 aromatic rings. The predicted molar refractivity (Wildman–Crippen MR) is 85.6 cm³/mol. The van der Waals surface area contributed by atoms with Crippen molar-refractivity contribution in [3.8, 4) is 0 Å². The Morgan fingerprint density at radius 3 is 1.90 bits per heavy atom. The van der Waals surface area contributed by atoms with Gasteiger partial charge in [0.15, 0.2) is 5.78 Å². The molecule has 0 aliphatic heterocycles. The molecule has 0 spiro atoms. The Labute approximate surface area is 130 Å². The van der Waals surface area contributed by atoms with Crippen molar-refractivity contribution >= 4 is 5.78 Å². The second-order valence-electron chi connectivity index (χ2n) is 7.14. The molecule has 0 saturated carbocycles. The van der Waals surface area contributed by atoms with Gasteiger partial charge in [-0.3, -0.25) is 4.79 Å². The number of carbonyl (C=O) groups is 1. The number of carbonyl (C=O) groups excluding carboxylic acids is 1. The molecule has 0 N–H and O–H groups in total. The van der Waals surface area contributed by atoms with Crippen LogP contribution in [-0.4, -0.2) is 44.4 Å². The van der Waals surface area contributed by atoms with Gasteiger partial charge in [0.25, 0.3) is 0 Å². The van der Waals surface area contributed by atoms with E-state index in [1.54, 1.807) is 0 Å². The van der Waals surface area contributed by atoms with Crippen molar-refractivity contribution in [2.45, 2.75) is 67.1 Å².